The van der Waals surface area contributed by atoms with Gasteiger partial charge in [0, 0.05) is 5.69 Å². The highest BCUT2D eigenvalue weighted by Crippen LogP contribution is 2.25. The van der Waals surface area contributed by atoms with Crippen LogP contribution < -0.4 is 10.1 Å². The van der Waals surface area contributed by atoms with Gasteiger partial charge >= 0.3 is 0 Å². The number of aromatic nitrogens is 2. The fourth-order valence-corrected chi connectivity index (χ4v) is 3.66. The molecule has 0 aliphatic rings. The second kappa shape index (κ2) is 8.64. The normalized spacial score (nSPS) is 11.7. The van der Waals surface area contributed by atoms with Gasteiger partial charge in [-0.3, -0.25) is 4.79 Å². The monoisotopic (exact) mass is 371 g/mol. The number of benzene rings is 2. The highest BCUT2D eigenvalue weighted by molar-refractivity contribution is 8.02. The summed E-state index contributed by atoms with van der Waals surface area (Å²) in [6.07, 6.45) is 0. The average Bonchev–Trinajstić information content (AvgIpc) is 3.15. The molecular formula is C18H17N3O2S2. The minimum absolute atomic E-state index is 0.0712. The van der Waals surface area contributed by atoms with Gasteiger partial charge in [0.05, 0.1) is 5.25 Å². The molecule has 3 rings (SSSR count). The molecule has 0 spiro atoms. The summed E-state index contributed by atoms with van der Waals surface area (Å²) in [5.74, 6) is 0.691. The summed E-state index contributed by atoms with van der Waals surface area (Å²) in [6.45, 7) is 2.36. The first-order chi connectivity index (χ1) is 12.2. The molecule has 0 unspecified atom stereocenters. The van der Waals surface area contributed by atoms with Gasteiger partial charge < -0.3 is 10.1 Å². The molecule has 7 heteroatoms. The van der Waals surface area contributed by atoms with Crippen molar-refractivity contribution < 1.29 is 9.53 Å². The topological polar surface area (TPSA) is 64.1 Å². The van der Waals surface area contributed by atoms with Gasteiger partial charge in [-0.05, 0) is 36.8 Å². The number of hydrogen-bond acceptors (Lipinski definition) is 6. The lowest BCUT2D eigenvalue weighted by Crippen LogP contribution is -2.22. The number of carbonyl (C=O) groups is 1. The van der Waals surface area contributed by atoms with E-state index in [9.17, 15) is 4.79 Å². The second-order valence-corrected chi connectivity index (χ2v) is 7.67. The lowest BCUT2D eigenvalue weighted by molar-refractivity contribution is -0.115. The van der Waals surface area contributed by atoms with Crippen molar-refractivity contribution in [2.24, 2.45) is 0 Å². The van der Waals surface area contributed by atoms with Crippen molar-refractivity contribution in [1.82, 2.24) is 10.2 Å². The van der Waals surface area contributed by atoms with E-state index in [0.717, 1.165) is 21.3 Å². The molecule has 128 valence electrons. The molecule has 0 saturated heterocycles. The molecule has 1 N–H and O–H groups in total. The quantitative estimate of drug-likeness (QED) is 0.630. The molecule has 0 saturated carbocycles. The molecule has 1 amide bonds. The number of nitrogens with one attached hydrogen (secondary N) is 1. The van der Waals surface area contributed by atoms with Gasteiger partial charge in [0.2, 0.25) is 5.91 Å². The van der Waals surface area contributed by atoms with E-state index in [4.69, 9.17) is 4.74 Å². The Labute approximate surface area is 154 Å². The zero-order valence-electron chi connectivity index (χ0n) is 13.6. The number of ether oxygens (including phenoxy) is 1. The highest BCUT2D eigenvalue weighted by atomic mass is 32.2. The van der Waals surface area contributed by atoms with Crippen LogP contribution in [0.3, 0.4) is 0 Å². The minimum Gasteiger partial charge on any atom is -0.489 e. The highest BCUT2D eigenvalue weighted by Gasteiger charge is 2.16. The van der Waals surface area contributed by atoms with Crippen LogP contribution in [0.2, 0.25) is 0 Å². The molecule has 25 heavy (non-hydrogen) atoms. The van der Waals surface area contributed by atoms with Crippen molar-refractivity contribution >= 4 is 34.7 Å². The van der Waals surface area contributed by atoms with E-state index in [0.29, 0.717) is 6.61 Å². The fourth-order valence-electron chi connectivity index (χ4n) is 2.04. The Balaban J connectivity index is 1.50. The van der Waals surface area contributed by atoms with Crippen molar-refractivity contribution in [2.75, 3.05) is 5.32 Å². The van der Waals surface area contributed by atoms with E-state index >= 15 is 0 Å². The van der Waals surface area contributed by atoms with Crippen LogP contribution in [0.25, 0.3) is 0 Å². The van der Waals surface area contributed by atoms with Crippen LogP contribution in [0.4, 0.5) is 5.69 Å². The average molecular weight is 371 g/mol. The molecule has 2 aromatic carbocycles. The van der Waals surface area contributed by atoms with Crippen molar-refractivity contribution in [1.29, 1.82) is 0 Å². The van der Waals surface area contributed by atoms with Gasteiger partial charge in [-0.1, -0.05) is 53.4 Å². The molecule has 1 heterocycles. The van der Waals surface area contributed by atoms with E-state index in [-0.39, 0.29) is 11.2 Å². The number of carbonyl (C=O) groups excluding carboxylic acids is 1. The Morgan fingerprint density at radius 1 is 1.20 bits per heavy atom. The molecule has 3 aromatic rings. The third-order valence-corrected chi connectivity index (χ3v) is 5.27. The number of thioether (sulfide) groups is 1. The number of amides is 1. The van der Waals surface area contributed by atoms with E-state index in [2.05, 4.69) is 15.5 Å². The van der Waals surface area contributed by atoms with E-state index in [1.165, 1.54) is 23.1 Å². The maximum Gasteiger partial charge on any atom is 0.237 e. The molecule has 1 atom stereocenters. The number of nitrogens with zero attached hydrogens (tertiary/aromatic N) is 2. The predicted octanol–water partition coefficient (Wildman–Crippen LogP) is 4.24. The molecule has 0 fully saturated rings. The Morgan fingerprint density at radius 2 is 1.96 bits per heavy atom. The number of hydrogen-bond donors (Lipinski definition) is 1. The first-order valence-electron chi connectivity index (χ1n) is 7.71. The third kappa shape index (κ3) is 5.30. The molecular weight excluding hydrogens is 354 g/mol. The predicted molar refractivity (Wildman–Crippen MR) is 101 cm³/mol. The van der Waals surface area contributed by atoms with Crippen molar-refractivity contribution in [3.05, 3.63) is 65.7 Å². The molecule has 0 aliphatic heterocycles. The van der Waals surface area contributed by atoms with E-state index in [1.54, 1.807) is 5.51 Å². The maximum atomic E-state index is 12.2. The SMILES string of the molecule is C[C@@H](Sc1nncs1)C(=O)Nc1ccc(OCc2ccccc2)cc1. The van der Waals surface area contributed by atoms with Crippen molar-refractivity contribution in [3.8, 4) is 5.75 Å². The fraction of sp³-hybridized carbons (Fsp3) is 0.167. The van der Waals surface area contributed by atoms with Crippen LogP contribution in [0.1, 0.15) is 12.5 Å². The van der Waals surface area contributed by atoms with E-state index < -0.39 is 0 Å². The van der Waals surface area contributed by atoms with Gasteiger partial charge in [0.25, 0.3) is 0 Å². The summed E-state index contributed by atoms with van der Waals surface area (Å²) in [7, 11) is 0. The summed E-state index contributed by atoms with van der Waals surface area (Å²) in [4.78, 5) is 12.2. The second-order valence-electron chi connectivity index (χ2n) is 5.25. The van der Waals surface area contributed by atoms with Crippen LogP contribution in [0, 0.1) is 0 Å². The smallest absolute Gasteiger partial charge is 0.237 e. The first kappa shape index (κ1) is 17.4. The lowest BCUT2D eigenvalue weighted by Gasteiger charge is -2.11. The van der Waals surface area contributed by atoms with Crippen LogP contribution >= 0.6 is 23.1 Å². The Hall–Kier alpha value is -2.38. The lowest BCUT2D eigenvalue weighted by atomic mass is 10.2. The van der Waals surface area contributed by atoms with Gasteiger partial charge in [0.15, 0.2) is 4.34 Å². The van der Waals surface area contributed by atoms with Gasteiger partial charge in [-0.2, -0.15) is 0 Å². The molecule has 0 bridgehead atoms. The van der Waals surface area contributed by atoms with Crippen molar-refractivity contribution in [3.63, 3.8) is 0 Å². The summed E-state index contributed by atoms with van der Waals surface area (Å²) in [5.41, 5.74) is 3.50. The van der Waals surface area contributed by atoms with E-state index in [1.807, 2.05) is 61.5 Å². The molecule has 5 nitrogen and oxygen atoms in total. The van der Waals surface area contributed by atoms with Gasteiger partial charge in [-0.15, -0.1) is 10.2 Å². The number of anilines is 1. The standard InChI is InChI=1S/C18H17N3O2S2/c1-13(25-18-21-19-12-24-18)17(22)20-15-7-9-16(10-8-15)23-11-14-5-3-2-4-6-14/h2-10,12-13H,11H2,1H3,(H,20,22)/t13-/m1/s1. The Morgan fingerprint density at radius 3 is 2.64 bits per heavy atom. The van der Waals surface area contributed by atoms with Crippen LogP contribution in [0.15, 0.2) is 64.4 Å². The van der Waals surface area contributed by atoms with Crippen LogP contribution in [-0.4, -0.2) is 21.4 Å². The minimum atomic E-state index is -0.248. The summed E-state index contributed by atoms with van der Waals surface area (Å²) < 4.78 is 6.52. The van der Waals surface area contributed by atoms with Gasteiger partial charge in [0.1, 0.15) is 17.9 Å². The Bertz CT molecular complexity index is 793. The molecule has 0 aliphatic carbocycles. The van der Waals surface area contributed by atoms with Crippen molar-refractivity contribution in [2.45, 2.75) is 23.1 Å². The first-order valence-corrected chi connectivity index (χ1v) is 9.47. The summed E-state index contributed by atoms with van der Waals surface area (Å²) in [5, 5.41) is 10.4. The molecule has 1 aromatic heterocycles. The van der Waals surface area contributed by atoms with Crippen LogP contribution in [0.5, 0.6) is 5.75 Å². The number of rotatable bonds is 7. The maximum absolute atomic E-state index is 12.2. The Kier molecular flexibility index (Phi) is 6.03. The zero-order valence-corrected chi connectivity index (χ0v) is 15.2. The third-order valence-electron chi connectivity index (χ3n) is 3.36. The van der Waals surface area contributed by atoms with Crippen LogP contribution in [-0.2, 0) is 11.4 Å². The largest absolute Gasteiger partial charge is 0.489 e. The summed E-state index contributed by atoms with van der Waals surface area (Å²) >= 11 is 2.82. The van der Waals surface area contributed by atoms with Gasteiger partial charge in [-0.25, -0.2) is 0 Å². The molecule has 0 radical (unpaired) electrons. The zero-order chi connectivity index (χ0) is 17.5. The summed E-state index contributed by atoms with van der Waals surface area (Å²) in [6, 6.07) is 17.3.